The lowest BCUT2D eigenvalue weighted by Crippen LogP contribution is -2.35. The molecule has 7 heteroatoms. The van der Waals surface area contributed by atoms with E-state index in [2.05, 4.69) is 0 Å². The Morgan fingerprint density at radius 2 is 1.92 bits per heavy atom. The van der Waals surface area contributed by atoms with Crippen molar-refractivity contribution in [1.29, 1.82) is 0 Å². The fourth-order valence-electron chi connectivity index (χ4n) is 2.88. The normalized spacial score (nSPS) is 18.6. The average Bonchev–Trinajstić information content (AvgIpc) is 2.93. The van der Waals surface area contributed by atoms with E-state index in [1.807, 2.05) is 0 Å². The first-order valence-corrected chi connectivity index (χ1v) is 7.75. The van der Waals surface area contributed by atoms with Crippen LogP contribution in [0.4, 0.5) is 18.0 Å². The van der Waals surface area contributed by atoms with E-state index in [9.17, 15) is 18.0 Å². The third-order valence-electron chi connectivity index (χ3n) is 3.84. The van der Waals surface area contributed by atoms with Crippen molar-refractivity contribution in [2.75, 3.05) is 20.2 Å². The third-order valence-corrected chi connectivity index (χ3v) is 3.84. The summed E-state index contributed by atoms with van der Waals surface area (Å²) in [5.41, 5.74) is -1.24. The average molecular weight is 345 g/mol. The molecule has 1 aliphatic rings. The highest BCUT2D eigenvalue weighted by Crippen LogP contribution is 2.42. The van der Waals surface area contributed by atoms with Gasteiger partial charge in [-0.1, -0.05) is 6.07 Å². The van der Waals surface area contributed by atoms with Gasteiger partial charge in [-0.05, 0) is 39.3 Å². The quantitative estimate of drug-likeness (QED) is 0.795. The number of carbonyl (C=O) groups excluding carboxylic acids is 1. The van der Waals surface area contributed by atoms with Crippen molar-refractivity contribution in [3.8, 4) is 5.75 Å². The largest absolute Gasteiger partial charge is 0.496 e. The molecule has 0 aromatic heterocycles. The van der Waals surface area contributed by atoms with Crippen LogP contribution < -0.4 is 4.74 Å². The highest BCUT2D eigenvalue weighted by molar-refractivity contribution is 5.68. The molecule has 4 nitrogen and oxygen atoms in total. The minimum Gasteiger partial charge on any atom is -0.496 e. The molecule has 1 saturated heterocycles. The molecule has 24 heavy (non-hydrogen) atoms. The number of alkyl halides is 3. The van der Waals surface area contributed by atoms with E-state index in [4.69, 9.17) is 9.47 Å². The minimum atomic E-state index is -4.47. The molecule has 1 unspecified atom stereocenters. The molecular weight excluding hydrogens is 323 g/mol. The Hall–Kier alpha value is -1.92. The number of rotatable bonds is 2. The van der Waals surface area contributed by atoms with E-state index >= 15 is 0 Å². The van der Waals surface area contributed by atoms with E-state index in [0.29, 0.717) is 13.0 Å². The Morgan fingerprint density at radius 1 is 1.25 bits per heavy atom. The van der Waals surface area contributed by atoms with Gasteiger partial charge in [-0.3, -0.25) is 0 Å². The fraction of sp³-hybridized carbons (Fsp3) is 0.588. The molecule has 0 spiro atoms. The van der Waals surface area contributed by atoms with E-state index in [1.165, 1.54) is 24.1 Å². The van der Waals surface area contributed by atoms with Crippen LogP contribution in [0.15, 0.2) is 18.2 Å². The molecule has 0 N–H and O–H groups in total. The van der Waals surface area contributed by atoms with E-state index in [-0.39, 0.29) is 17.9 Å². The molecule has 134 valence electrons. The first kappa shape index (κ1) is 18.4. The van der Waals surface area contributed by atoms with Crippen molar-refractivity contribution in [2.45, 2.75) is 44.9 Å². The number of hydrogen-bond donors (Lipinski definition) is 0. The predicted molar refractivity (Wildman–Crippen MR) is 83.2 cm³/mol. The van der Waals surface area contributed by atoms with Crippen LogP contribution >= 0.6 is 0 Å². The summed E-state index contributed by atoms with van der Waals surface area (Å²) in [6.07, 6.45) is -4.54. The van der Waals surface area contributed by atoms with Gasteiger partial charge in [0, 0.05) is 24.6 Å². The Kier molecular flexibility index (Phi) is 5.01. The van der Waals surface area contributed by atoms with Crippen LogP contribution in [0.25, 0.3) is 0 Å². The number of halogens is 3. The van der Waals surface area contributed by atoms with Crippen molar-refractivity contribution >= 4 is 6.09 Å². The number of benzene rings is 1. The molecule has 0 aliphatic carbocycles. The van der Waals surface area contributed by atoms with Crippen LogP contribution in [0.2, 0.25) is 0 Å². The van der Waals surface area contributed by atoms with Gasteiger partial charge in [0.05, 0.1) is 12.7 Å². The Labute approximate surface area is 139 Å². The number of amides is 1. The van der Waals surface area contributed by atoms with Crippen molar-refractivity contribution < 1.29 is 27.4 Å². The van der Waals surface area contributed by atoms with Gasteiger partial charge in [-0.2, -0.15) is 13.2 Å². The van der Waals surface area contributed by atoms with Crippen LogP contribution in [0, 0.1) is 0 Å². The first-order chi connectivity index (χ1) is 11.0. The highest BCUT2D eigenvalue weighted by atomic mass is 19.4. The van der Waals surface area contributed by atoms with Crippen LogP contribution in [0.3, 0.4) is 0 Å². The molecule has 2 rings (SSSR count). The molecule has 1 atom stereocenters. The topological polar surface area (TPSA) is 38.8 Å². The summed E-state index contributed by atoms with van der Waals surface area (Å²) < 4.78 is 50.4. The maximum atomic E-state index is 13.3. The Balaban J connectivity index is 2.26. The number of carbonyl (C=O) groups is 1. The van der Waals surface area contributed by atoms with Gasteiger partial charge in [0.2, 0.25) is 0 Å². The maximum Gasteiger partial charge on any atom is 0.416 e. The van der Waals surface area contributed by atoms with Gasteiger partial charge < -0.3 is 14.4 Å². The zero-order chi connectivity index (χ0) is 18.1. The van der Waals surface area contributed by atoms with Crippen LogP contribution in [0.1, 0.15) is 44.2 Å². The van der Waals surface area contributed by atoms with Gasteiger partial charge in [-0.15, -0.1) is 0 Å². The Morgan fingerprint density at radius 3 is 2.46 bits per heavy atom. The van der Waals surface area contributed by atoms with Gasteiger partial charge in [0.25, 0.3) is 0 Å². The van der Waals surface area contributed by atoms with Gasteiger partial charge >= 0.3 is 12.3 Å². The standard InChI is InChI=1S/C17H22F3NO3/c1-16(2,3)24-15(22)21-9-8-11(10-21)14-12(17(18,19)20)6-5-7-13(14)23-4/h5-7,11H,8-10H2,1-4H3. The van der Waals surface area contributed by atoms with Gasteiger partial charge in [-0.25, -0.2) is 4.79 Å². The number of nitrogens with zero attached hydrogens (tertiary/aromatic N) is 1. The molecule has 1 fully saturated rings. The van der Waals surface area contributed by atoms with E-state index in [1.54, 1.807) is 20.8 Å². The second-order valence-electron chi connectivity index (χ2n) is 6.83. The zero-order valence-corrected chi connectivity index (χ0v) is 14.2. The SMILES string of the molecule is COc1cccc(C(F)(F)F)c1C1CCN(C(=O)OC(C)(C)C)C1. The lowest BCUT2D eigenvalue weighted by molar-refractivity contribution is -0.138. The van der Waals surface area contributed by atoms with Crippen molar-refractivity contribution in [1.82, 2.24) is 4.90 Å². The summed E-state index contributed by atoms with van der Waals surface area (Å²) >= 11 is 0. The molecule has 1 heterocycles. The monoisotopic (exact) mass is 345 g/mol. The second-order valence-corrected chi connectivity index (χ2v) is 6.83. The molecule has 1 amide bonds. The fourth-order valence-corrected chi connectivity index (χ4v) is 2.88. The summed E-state index contributed by atoms with van der Waals surface area (Å²) in [4.78, 5) is 13.6. The number of ether oxygens (including phenoxy) is 2. The molecule has 0 saturated carbocycles. The first-order valence-electron chi connectivity index (χ1n) is 7.75. The lowest BCUT2D eigenvalue weighted by Gasteiger charge is -2.25. The predicted octanol–water partition coefficient (Wildman–Crippen LogP) is 4.44. The molecule has 0 bridgehead atoms. The van der Waals surface area contributed by atoms with Crippen LogP contribution in [-0.2, 0) is 10.9 Å². The molecular formula is C17H22F3NO3. The summed E-state index contributed by atoms with van der Waals surface area (Å²) in [7, 11) is 1.35. The molecule has 0 radical (unpaired) electrons. The molecule has 1 aromatic rings. The summed E-state index contributed by atoms with van der Waals surface area (Å²) in [6.45, 7) is 5.79. The van der Waals surface area contributed by atoms with Crippen molar-refractivity contribution in [3.05, 3.63) is 29.3 Å². The zero-order valence-electron chi connectivity index (χ0n) is 14.2. The number of hydrogen-bond acceptors (Lipinski definition) is 3. The second kappa shape index (κ2) is 6.53. The summed E-state index contributed by atoms with van der Waals surface area (Å²) in [5.74, 6) is -0.244. The minimum absolute atomic E-state index is 0.110. The van der Waals surface area contributed by atoms with Crippen molar-refractivity contribution in [3.63, 3.8) is 0 Å². The number of methoxy groups -OCH3 is 1. The van der Waals surface area contributed by atoms with E-state index in [0.717, 1.165) is 6.07 Å². The third kappa shape index (κ3) is 4.13. The van der Waals surface area contributed by atoms with E-state index < -0.39 is 29.4 Å². The summed E-state index contributed by atoms with van der Waals surface area (Å²) in [6, 6.07) is 3.89. The van der Waals surface area contributed by atoms with Crippen molar-refractivity contribution in [2.24, 2.45) is 0 Å². The van der Waals surface area contributed by atoms with Gasteiger partial charge in [0.1, 0.15) is 11.4 Å². The Bertz CT molecular complexity index is 608. The molecule has 1 aliphatic heterocycles. The van der Waals surface area contributed by atoms with Crippen LogP contribution in [0.5, 0.6) is 5.75 Å². The molecule has 1 aromatic carbocycles. The smallest absolute Gasteiger partial charge is 0.416 e. The number of likely N-dealkylation sites (tertiary alicyclic amines) is 1. The lowest BCUT2D eigenvalue weighted by atomic mass is 9.92. The maximum absolute atomic E-state index is 13.3. The van der Waals surface area contributed by atoms with Crippen LogP contribution in [-0.4, -0.2) is 36.8 Å². The highest BCUT2D eigenvalue weighted by Gasteiger charge is 2.40. The van der Waals surface area contributed by atoms with Gasteiger partial charge in [0.15, 0.2) is 0 Å². The summed E-state index contributed by atoms with van der Waals surface area (Å²) in [5, 5.41) is 0.